The number of nitrogens with zero attached hydrogens (tertiary/aromatic N) is 5. The summed E-state index contributed by atoms with van der Waals surface area (Å²) < 4.78 is 22.5. The van der Waals surface area contributed by atoms with Crippen molar-refractivity contribution in [3.8, 4) is 39.5 Å². The predicted molar refractivity (Wildman–Crippen MR) is 148 cm³/mol. The molecule has 0 aliphatic rings. The standard InChI is InChI=1S/C29H28FN7O/c1-17-32-16-27(37(17)4)18-5-6-25-24(13-18)28(35-34-25)26-15-23-22(7-8-31-29(23)33-26)19-11-20(30)14-21(12-19)38-10-9-36(2)3/h5-8,11-16H,9-10H2,1-4H3,(H,31,33)(H,34,35). The maximum atomic E-state index is 14.6. The van der Waals surface area contributed by atoms with E-state index in [0.29, 0.717) is 18.0 Å². The van der Waals surface area contributed by atoms with E-state index in [1.54, 1.807) is 6.20 Å². The van der Waals surface area contributed by atoms with E-state index in [1.165, 1.54) is 12.1 Å². The minimum atomic E-state index is -0.348. The van der Waals surface area contributed by atoms with Crippen LogP contribution in [0.5, 0.6) is 5.75 Å². The lowest BCUT2D eigenvalue weighted by molar-refractivity contribution is 0.260. The van der Waals surface area contributed by atoms with Gasteiger partial charge in [0.25, 0.3) is 0 Å². The molecule has 8 nitrogen and oxygen atoms in total. The SMILES string of the molecule is Cc1ncc(-c2ccc3[nH]nc(-c4cc5c(-c6cc(F)cc(OCCN(C)C)c6)ccnc5[nH]4)c3c2)n1C. The Bertz CT molecular complexity index is 1780. The molecule has 192 valence electrons. The Morgan fingerprint density at radius 3 is 2.66 bits per heavy atom. The molecule has 6 aromatic rings. The van der Waals surface area contributed by atoms with E-state index in [2.05, 4.69) is 41.8 Å². The quantitative estimate of drug-likeness (QED) is 0.294. The smallest absolute Gasteiger partial charge is 0.138 e. The molecule has 2 N–H and O–H groups in total. The molecule has 0 saturated heterocycles. The van der Waals surface area contributed by atoms with Crippen LogP contribution >= 0.6 is 0 Å². The molecule has 2 aromatic carbocycles. The Labute approximate surface area is 219 Å². The zero-order valence-corrected chi connectivity index (χ0v) is 21.7. The van der Waals surface area contributed by atoms with Crippen LogP contribution in [0.4, 0.5) is 4.39 Å². The zero-order chi connectivity index (χ0) is 26.4. The van der Waals surface area contributed by atoms with Crippen molar-refractivity contribution in [3.63, 3.8) is 0 Å². The van der Waals surface area contributed by atoms with Gasteiger partial charge in [0.2, 0.25) is 0 Å². The van der Waals surface area contributed by atoms with E-state index in [-0.39, 0.29) is 5.82 Å². The van der Waals surface area contributed by atoms with Gasteiger partial charge in [0.05, 0.1) is 23.1 Å². The van der Waals surface area contributed by atoms with E-state index < -0.39 is 0 Å². The summed E-state index contributed by atoms with van der Waals surface area (Å²) >= 11 is 0. The van der Waals surface area contributed by atoms with Gasteiger partial charge in [-0.25, -0.2) is 14.4 Å². The normalized spacial score (nSPS) is 11.7. The third-order valence-electron chi connectivity index (χ3n) is 6.86. The van der Waals surface area contributed by atoms with Crippen molar-refractivity contribution in [2.45, 2.75) is 6.92 Å². The van der Waals surface area contributed by atoms with Crippen molar-refractivity contribution < 1.29 is 9.13 Å². The van der Waals surface area contributed by atoms with Gasteiger partial charge in [0.15, 0.2) is 0 Å². The molecule has 0 aliphatic heterocycles. The zero-order valence-electron chi connectivity index (χ0n) is 21.7. The van der Waals surface area contributed by atoms with Gasteiger partial charge >= 0.3 is 0 Å². The number of aryl methyl sites for hydroxylation is 1. The molecule has 0 amide bonds. The summed E-state index contributed by atoms with van der Waals surface area (Å²) in [6.07, 6.45) is 3.60. The second kappa shape index (κ2) is 9.42. The first-order chi connectivity index (χ1) is 18.4. The molecule has 9 heteroatoms. The molecule has 0 bridgehead atoms. The number of ether oxygens (including phenoxy) is 1. The van der Waals surface area contributed by atoms with Crippen LogP contribution in [0.25, 0.3) is 55.7 Å². The van der Waals surface area contributed by atoms with Crippen molar-refractivity contribution in [1.82, 2.24) is 34.6 Å². The minimum absolute atomic E-state index is 0.348. The summed E-state index contributed by atoms with van der Waals surface area (Å²) in [6, 6.07) is 14.9. The molecular weight excluding hydrogens is 481 g/mol. The Balaban J connectivity index is 1.41. The number of aromatic amines is 2. The average molecular weight is 510 g/mol. The van der Waals surface area contributed by atoms with Gasteiger partial charge in [-0.1, -0.05) is 6.07 Å². The number of imidazole rings is 1. The first-order valence-electron chi connectivity index (χ1n) is 12.4. The van der Waals surface area contributed by atoms with Crippen LogP contribution in [0.3, 0.4) is 0 Å². The molecule has 0 unspecified atom stereocenters. The number of hydrogen-bond acceptors (Lipinski definition) is 5. The predicted octanol–water partition coefficient (Wildman–Crippen LogP) is 5.56. The lowest BCUT2D eigenvalue weighted by Gasteiger charge is -2.12. The maximum absolute atomic E-state index is 14.6. The highest BCUT2D eigenvalue weighted by molar-refractivity contribution is 6.00. The van der Waals surface area contributed by atoms with Crippen LogP contribution < -0.4 is 4.74 Å². The van der Waals surface area contributed by atoms with Crippen molar-refractivity contribution in [2.24, 2.45) is 7.05 Å². The second-order valence-electron chi connectivity index (χ2n) is 9.71. The molecule has 0 spiro atoms. The number of pyridine rings is 1. The molecule has 4 aromatic heterocycles. The second-order valence-corrected chi connectivity index (χ2v) is 9.71. The summed E-state index contributed by atoms with van der Waals surface area (Å²) in [6.45, 7) is 3.20. The fraction of sp³-hybridized carbons (Fsp3) is 0.207. The molecule has 0 radical (unpaired) electrons. The number of halogens is 1. The van der Waals surface area contributed by atoms with E-state index in [9.17, 15) is 4.39 Å². The monoisotopic (exact) mass is 509 g/mol. The highest BCUT2D eigenvalue weighted by Gasteiger charge is 2.16. The van der Waals surface area contributed by atoms with Crippen LogP contribution in [0, 0.1) is 12.7 Å². The van der Waals surface area contributed by atoms with Crippen LogP contribution in [-0.2, 0) is 7.05 Å². The van der Waals surface area contributed by atoms with E-state index >= 15 is 0 Å². The average Bonchev–Trinajstić information content (AvgIpc) is 3.59. The van der Waals surface area contributed by atoms with Crippen LogP contribution in [-0.4, -0.2) is 61.9 Å². The topological polar surface area (TPSA) is 87.7 Å². The van der Waals surface area contributed by atoms with E-state index in [1.807, 2.05) is 63.4 Å². The fourth-order valence-electron chi connectivity index (χ4n) is 4.70. The van der Waals surface area contributed by atoms with E-state index in [4.69, 9.17) is 4.74 Å². The summed E-state index contributed by atoms with van der Waals surface area (Å²) in [5.41, 5.74) is 6.92. The van der Waals surface area contributed by atoms with Crippen LogP contribution in [0.1, 0.15) is 5.82 Å². The number of nitrogens with one attached hydrogen (secondary N) is 2. The number of hydrogen-bond donors (Lipinski definition) is 2. The summed E-state index contributed by atoms with van der Waals surface area (Å²) in [4.78, 5) is 14.4. The Morgan fingerprint density at radius 1 is 1.00 bits per heavy atom. The number of likely N-dealkylation sites (N-methyl/N-ethyl adjacent to an activating group) is 1. The highest BCUT2D eigenvalue weighted by Crippen LogP contribution is 2.35. The van der Waals surface area contributed by atoms with Crippen molar-refractivity contribution in [3.05, 3.63) is 72.6 Å². The van der Waals surface area contributed by atoms with Gasteiger partial charge in [-0.3, -0.25) is 5.10 Å². The van der Waals surface area contributed by atoms with Gasteiger partial charge in [0, 0.05) is 42.2 Å². The van der Waals surface area contributed by atoms with Gasteiger partial charge < -0.3 is 19.2 Å². The number of benzene rings is 2. The Kier molecular flexibility index (Phi) is 5.92. The Morgan fingerprint density at radius 2 is 1.87 bits per heavy atom. The highest BCUT2D eigenvalue weighted by atomic mass is 19.1. The lowest BCUT2D eigenvalue weighted by atomic mass is 10.0. The van der Waals surface area contributed by atoms with Gasteiger partial charge in [-0.15, -0.1) is 0 Å². The molecular formula is C29H28FN7O. The molecule has 38 heavy (non-hydrogen) atoms. The minimum Gasteiger partial charge on any atom is -0.492 e. The lowest BCUT2D eigenvalue weighted by Crippen LogP contribution is -2.19. The fourth-order valence-corrected chi connectivity index (χ4v) is 4.70. The summed E-state index contributed by atoms with van der Waals surface area (Å²) in [5.74, 6) is 1.10. The summed E-state index contributed by atoms with van der Waals surface area (Å²) in [7, 11) is 5.95. The number of rotatable bonds is 7. The Hall–Kier alpha value is -4.50. The molecule has 4 heterocycles. The van der Waals surface area contributed by atoms with Gasteiger partial charge in [-0.05, 0) is 68.5 Å². The summed E-state index contributed by atoms with van der Waals surface area (Å²) in [5, 5.41) is 9.61. The van der Waals surface area contributed by atoms with Crippen molar-refractivity contribution in [2.75, 3.05) is 27.2 Å². The number of aromatic nitrogens is 6. The van der Waals surface area contributed by atoms with Gasteiger partial charge in [0.1, 0.15) is 35.3 Å². The van der Waals surface area contributed by atoms with E-state index in [0.717, 1.165) is 62.4 Å². The first-order valence-corrected chi connectivity index (χ1v) is 12.4. The third-order valence-corrected chi connectivity index (χ3v) is 6.86. The first kappa shape index (κ1) is 23.9. The molecule has 0 aliphatic carbocycles. The molecule has 6 rings (SSSR count). The number of H-pyrrole nitrogens is 2. The molecule has 0 atom stereocenters. The maximum Gasteiger partial charge on any atom is 0.138 e. The van der Waals surface area contributed by atoms with Crippen LogP contribution in [0.2, 0.25) is 0 Å². The molecule has 0 fully saturated rings. The molecule has 0 saturated carbocycles. The van der Waals surface area contributed by atoms with Crippen molar-refractivity contribution >= 4 is 21.9 Å². The van der Waals surface area contributed by atoms with Crippen molar-refractivity contribution in [1.29, 1.82) is 0 Å². The van der Waals surface area contributed by atoms with Gasteiger partial charge in [-0.2, -0.15) is 5.10 Å². The largest absolute Gasteiger partial charge is 0.492 e. The number of fused-ring (bicyclic) bond motifs is 2. The van der Waals surface area contributed by atoms with Crippen LogP contribution in [0.15, 0.2) is 60.9 Å². The third kappa shape index (κ3) is 4.31.